The minimum Gasteiger partial charge on any atom is -0.497 e. The molecular weight excluding hydrogens is 312 g/mol. The number of carbonyl (C=O) groups excluding carboxylic acids is 1. The average molecular weight is 332 g/mol. The molecule has 2 aromatic rings. The highest BCUT2D eigenvalue weighted by atomic mass is 16.5. The third-order valence-corrected chi connectivity index (χ3v) is 4.42. The van der Waals surface area contributed by atoms with Gasteiger partial charge in [-0.2, -0.15) is 5.10 Å². The Morgan fingerprint density at radius 3 is 2.83 bits per heavy atom. The SMILES string of the molecule is COc1ccc2[nH]nc(C(=O)NCC3CCN(C(=O)O)CC3)c2c1. The highest BCUT2D eigenvalue weighted by Crippen LogP contribution is 2.22. The second kappa shape index (κ2) is 6.77. The summed E-state index contributed by atoms with van der Waals surface area (Å²) in [4.78, 5) is 24.7. The zero-order valence-electron chi connectivity index (χ0n) is 13.4. The van der Waals surface area contributed by atoms with Crippen LogP contribution in [0.1, 0.15) is 23.3 Å². The molecule has 1 aromatic heterocycles. The molecule has 2 amide bonds. The van der Waals surface area contributed by atoms with E-state index < -0.39 is 6.09 Å². The van der Waals surface area contributed by atoms with Gasteiger partial charge in [-0.3, -0.25) is 9.89 Å². The first-order chi connectivity index (χ1) is 11.6. The summed E-state index contributed by atoms with van der Waals surface area (Å²) < 4.78 is 5.18. The van der Waals surface area contributed by atoms with Crippen LogP contribution < -0.4 is 10.1 Å². The first kappa shape index (κ1) is 16.1. The molecule has 0 saturated carbocycles. The fourth-order valence-electron chi connectivity index (χ4n) is 2.94. The molecule has 1 aliphatic heterocycles. The van der Waals surface area contributed by atoms with Gasteiger partial charge < -0.3 is 20.1 Å². The number of aromatic nitrogens is 2. The van der Waals surface area contributed by atoms with Crippen molar-refractivity contribution in [3.8, 4) is 5.75 Å². The summed E-state index contributed by atoms with van der Waals surface area (Å²) in [6.45, 7) is 1.54. The second-order valence-corrected chi connectivity index (χ2v) is 5.91. The average Bonchev–Trinajstić information content (AvgIpc) is 3.03. The minimum absolute atomic E-state index is 0.241. The predicted molar refractivity (Wildman–Crippen MR) is 87.3 cm³/mol. The van der Waals surface area contributed by atoms with Crippen molar-refractivity contribution >= 4 is 22.9 Å². The Morgan fingerprint density at radius 1 is 1.42 bits per heavy atom. The van der Waals surface area contributed by atoms with Gasteiger partial charge in [0.25, 0.3) is 5.91 Å². The molecule has 0 radical (unpaired) electrons. The lowest BCUT2D eigenvalue weighted by Gasteiger charge is -2.29. The molecule has 128 valence electrons. The minimum atomic E-state index is -0.880. The van der Waals surface area contributed by atoms with E-state index in [1.807, 2.05) is 6.07 Å². The molecule has 1 aromatic carbocycles. The van der Waals surface area contributed by atoms with Crippen molar-refractivity contribution in [1.29, 1.82) is 0 Å². The van der Waals surface area contributed by atoms with Gasteiger partial charge >= 0.3 is 6.09 Å². The number of H-pyrrole nitrogens is 1. The quantitative estimate of drug-likeness (QED) is 0.790. The molecule has 0 atom stereocenters. The lowest BCUT2D eigenvalue weighted by Crippen LogP contribution is -2.41. The number of hydrogen-bond acceptors (Lipinski definition) is 4. The standard InChI is InChI=1S/C16H20N4O4/c1-24-11-2-3-13-12(8-11)14(19-18-13)15(21)17-9-10-4-6-20(7-5-10)16(22)23/h2-3,8,10H,4-7,9H2,1H3,(H,17,21)(H,18,19)(H,22,23). The number of aromatic amines is 1. The molecule has 2 heterocycles. The van der Waals surface area contributed by atoms with Gasteiger partial charge in [-0.25, -0.2) is 4.79 Å². The van der Waals surface area contributed by atoms with Crippen LogP contribution in [-0.4, -0.2) is 58.9 Å². The van der Waals surface area contributed by atoms with Crippen molar-refractivity contribution in [2.75, 3.05) is 26.7 Å². The van der Waals surface area contributed by atoms with Crippen LogP contribution in [0.15, 0.2) is 18.2 Å². The number of nitrogens with zero attached hydrogens (tertiary/aromatic N) is 2. The van der Waals surface area contributed by atoms with Gasteiger partial charge in [-0.1, -0.05) is 0 Å². The monoisotopic (exact) mass is 332 g/mol. The Morgan fingerprint density at radius 2 is 2.17 bits per heavy atom. The largest absolute Gasteiger partial charge is 0.497 e. The summed E-state index contributed by atoms with van der Waals surface area (Å²) in [7, 11) is 1.57. The fraction of sp³-hybridized carbons (Fsp3) is 0.438. The van der Waals surface area contributed by atoms with E-state index in [2.05, 4.69) is 15.5 Å². The van der Waals surface area contributed by atoms with Crippen LogP contribution in [0.2, 0.25) is 0 Å². The Labute approximate surface area is 138 Å². The van der Waals surface area contributed by atoms with Crippen molar-refractivity contribution in [1.82, 2.24) is 20.4 Å². The summed E-state index contributed by atoms with van der Waals surface area (Å²) in [6, 6.07) is 5.40. The Balaban J connectivity index is 1.61. The molecule has 0 bridgehead atoms. The van der Waals surface area contributed by atoms with Crippen LogP contribution in [0.3, 0.4) is 0 Å². The van der Waals surface area contributed by atoms with Crippen LogP contribution in [0.4, 0.5) is 4.79 Å². The summed E-state index contributed by atoms with van der Waals surface area (Å²) in [6.07, 6.45) is 0.623. The molecule has 1 aliphatic rings. The zero-order valence-corrected chi connectivity index (χ0v) is 13.4. The van der Waals surface area contributed by atoms with Gasteiger partial charge in [0, 0.05) is 25.0 Å². The van der Waals surface area contributed by atoms with Gasteiger partial charge in [0.1, 0.15) is 5.75 Å². The van der Waals surface area contributed by atoms with Crippen molar-refractivity contribution in [2.24, 2.45) is 5.92 Å². The topological polar surface area (TPSA) is 108 Å². The third-order valence-electron chi connectivity index (χ3n) is 4.42. The Hall–Kier alpha value is -2.77. The molecule has 8 nitrogen and oxygen atoms in total. The molecule has 1 fully saturated rings. The number of carboxylic acid groups (broad SMARTS) is 1. The summed E-state index contributed by atoms with van der Waals surface area (Å²) in [5.74, 6) is 0.707. The first-order valence-electron chi connectivity index (χ1n) is 7.86. The second-order valence-electron chi connectivity index (χ2n) is 5.91. The molecule has 24 heavy (non-hydrogen) atoms. The fourth-order valence-corrected chi connectivity index (χ4v) is 2.94. The van der Waals surface area contributed by atoms with Gasteiger partial charge in [-0.15, -0.1) is 0 Å². The smallest absolute Gasteiger partial charge is 0.407 e. The maximum absolute atomic E-state index is 12.4. The molecule has 8 heteroatoms. The zero-order chi connectivity index (χ0) is 17.1. The van der Waals surface area contributed by atoms with Crippen molar-refractivity contribution in [3.63, 3.8) is 0 Å². The van der Waals surface area contributed by atoms with Gasteiger partial charge in [-0.05, 0) is 37.0 Å². The number of nitrogens with one attached hydrogen (secondary N) is 2. The lowest BCUT2D eigenvalue weighted by atomic mass is 9.97. The molecule has 1 saturated heterocycles. The van der Waals surface area contributed by atoms with Crippen LogP contribution in [0, 0.1) is 5.92 Å². The summed E-state index contributed by atoms with van der Waals surface area (Å²) in [5.41, 5.74) is 1.11. The van der Waals surface area contributed by atoms with E-state index in [9.17, 15) is 9.59 Å². The number of ether oxygens (including phenoxy) is 1. The molecule has 3 rings (SSSR count). The number of carbonyl (C=O) groups is 2. The van der Waals surface area contributed by atoms with Crippen LogP contribution in [0.5, 0.6) is 5.75 Å². The van der Waals surface area contributed by atoms with E-state index >= 15 is 0 Å². The van der Waals surface area contributed by atoms with Gasteiger partial charge in [0.15, 0.2) is 5.69 Å². The highest BCUT2D eigenvalue weighted by molar-refractivity contribution is 6.05. The number of methoxy groups -OCH3 is 1. The van der Waals surface area contributed by atoms with E-state index in [0.29, 0.717) is 36.5 Å². The van der Waals surface area contributed by atoms with Crippen LogP contribution >= 0.6 is 0 Å². The molecule has 0 aliphatic carbocycles. The number of fused-ring (bicyclic) bond motifs is 1. The predicted octanol–water partition coefficient (Wildman–Crippen LogP) is 1.69. The number of benzene rings is 1. The van der Waals surface area contributed by atoms with Crippen molar-refractivity contribution in [3.05, 3.63) is 23.9 Å². The summed E-state index contributed by atoms with van der Waals surface area (Å²) >= 11 is 0. The third kappa shape index (κ3) is 3.27. The number of likely N-dealkylation sites (tertiary alicyclic amines) is 1. The van der Waals surface area contributed by atoms with E-state index in [4.69, 9.17) is 9.84 Å². The summed E-state index contributed by atoms with van der Waals surface area (Å²) in [5, 5.41) is 19.5. The van der Waals surface area contributed by atoms with Crippen LogP contribution in [0.25, 0.3) is 10.9 Å². The molecular formula is C16H20N4O4. The first-order valence-corrected chi connectivity index (χ1v) is 7.86. The van der Waals surface area contributed by atoms with E-state index in [0.717, 1.165) is 18.4 Å². The number of hydrogen-bond donors (Lipinski definition) is 3. The maximum Gasteiger partial charge on any atom is 0.407 e. The van der Waals surface area contributed by atoms with Crippen LogP contribution in [-0.2, 0) is 0 Å². The number of rotatable bonds is 4. The van der Waals surface area contributed by atoms with Crippen molar-refractivity contribution in [2.45, 2.75) is 12.8 Å². The van der Waals surface area contributed by atoms with E-state index in [1.165, 1.54) is 4.90 Å². The number of piperidine rings is 1. The van der Waals surface area contributed by atoms with Gasteiger partial charge in [0.2, 0.25) is 0 Å². The normalized spacial score (nSPS) is 15.5. The van der Waals surface area contributed by atoms with E-state index in [1.54, 1.807) is 19.2 Å². The Bertz CT molecular complexity index is 750. The highest BCUT2D eigenvalue weighted by Gasteiger charge is 2.23. The molecule has 0 unspecified atom stereocenters. The van der Waals surface area contributed by atoms with E-state index in [-0.39, 0.29) is 11.8 Å². The lowest BCUT2D eigenvalue weighted by molar-refractivity contribution is 0.0925. The maximum atomic E-state index is 12.4. The number of amides is 2. The van der Waals surface area contributed by atoms with Crippen molar-refractivity contribution < 1.29 is 19.4 Å². The Kier molecular flexibility index (Phi) is 4.54. The van der Waals surface area contributed by atoms with Gasteiger partial charge in [0.05, 0.1) is 12.6 Å². The molecule has 0 spiro atoms. The molecule has 3 N–H and O–H groups in total.